The minimum atomic E-state index is 0.183. The standard InChI is InChI=1S/C13H13BrClNS/c1-8-3-4-9(7-11(8)15)12(16-2)13-10(14)5-6-17-13/h3-7,12,16H,1-2H3. The molecule has 0 radical (unpaired) electrons. The van der Waals surface area contributed by atoms with Gasteiger partial charge in [-0.3, -0.25) is 0 Å². The van der Waals surface area contributed by atoms with Gasteiger partial charge in [-0.2, -0.15) is 0 Å². The van der Waals surface area contributed by atoms with Gasteiger partial charge in [-0.1, -0.05) is 23.7 Å². The molecule has 1 unspecified atom stereocenters. The molecular weight excluding hydrogens is 318 g/mol. The molecule has 0 fully saturated rings. The Kier molecular flexibility index (Phi) is 4.26. The first kappa shape index (κ1) is 13.1. The summed E-state index contributed by atoms with van der Waals surface area (Å²) in [5.74, 6) is 0. The highest BCUT2D eigenvalue weighted by Crippen LogP contribution is 2.34. The van der Waals surface area contributed by atoms with Crippen LogP contribution >= 0.6 is 38.9 Å². The van der Waals surface area contributed by atoms with Crippen LogP contribution in [-0.4, -0.2) is 7.05 Å². The molecule has 0 aliphatic carbocycles. The van der Waals surface area contributed by atoms with Crippen molar-refractivity contribution in [1.29, 1.82) is 0 Å². The highest BCUT2D eigenvalue weighted by molar-refractivity contribution is 9.10. The minimum absolute atomic E-state index is 0.183. The average molecular weight is 331 g/mol. The summed E-state index contributed by atoms with van der Waals surface area (Å²) in [7, 11) is 1.96. The predicted octanol–water partition coefficient (Wildman–Crippen LogP) is 4.78. The maximum atomic E-state index is 6.18. The summed E-state index contributed by atoms with van der Waals surface area (Å²) in [6.07, 6.45) is 0. The fourth-order valence-corrected chi connectivity index (χ4v) is 3.68. The van der Waals surface area contributed by atoms with Crippen molar-refractivity contribution < 1.29 is 0 Å². The molecule has 1 nitrogen and oxygen atoms in total. The van der Waals surface area contributed by atoms with Gasteiger partial charge in [-0.05, 0) is 58.5 Å². The van der Waals surface area contributed by atoms with Crippen molar-refractivity contribution in [3.05, 3.63) is 55.1 Å². The lowest BCUT2D eigenvalue weighted by Gasteiger charge is -2.16. The first-order valence-corrected chi connectivity index (χ1v) is 7.34. The number of hydrogen-bond donors (Lipinski definition) is 1. The lowest BCUT2D eigenvalue weighted by molar-refractivity contribution is 0.701. The largest absolute Gasteiger partial charge is 0.309 e. The summed E-state index contributed by atoms with van der Waals surface area (Å²) in [5, 5.41) is 6.23. The maximum absolute atomic E-state index is 6.18. The highest BCUT2D eigenvalue weighted by Gasteiger charge is 2.16. The van der Waals surface area contributed by atoms with Crippen LogP contribution in [0.4, 0.5) is 0 Å². The second-order valence-corrected chi connectivity index (χ2v) is 6.07. The van der Waals surface area contributed by atoms with E-state index in [2.05, 4.69) is 44.8 Å². The Bertz CT molecular complexity index is 524. The van der Waals surface area contributed by atoms with E-state index in [0.29, 0.717) is 0 Å². The minimum Gasteiger partial charge on any atom is -0.309 e. The predicted molar refractivity (Wildman–Crippen MR) is 79.1 cm³/mol. The van der Waals surface area contributed by atoms with Crippen LogP contribution in [0.5, 0.6) is 0 Å². The molecule has 0 aliphatic heterocycles. The smallest absolute Gasteiger partial charge is 0.0680 e. The Morgan fingerprint density at radius 1 is 1.35 bits per heavy atom. The van der Waals surface area contributed by atoms with Crippen molar-refractivity contribution in [2.24, 2.45) is 0 Å². The van der Waals surface area contributed by atoms with Gasteiger partial charge in [0.2, 0.25) is 0 Å². The summed E-state index contributed by atoms with van der Waals surface area (Å²) in [4.78, 5) is 1.27. The molecule has 90 valence electrons. The van der Waals surface area contributed by atoms with Crippen LogP contribution in [0.2, 0.25) is 5.02 Å². The summed E-state index contributed by atoms with van der Waals surface area (Å²) >= 11 is 11.5. The molecule has 1 aromatic heterocycles. The van der Waals surface area contributed by atoms with Crippen LogP contribution in [-0.2, 0) is 0 Å². The van der Waals surface area contributed by atoms with Gasteiger partial charge in [-0.25, -0.2) is 0 Å². The van der Waals surface area contributed by atoms with Gasteiger partial charge in [-0.15, -0.1) is 11.3 Å². The zero-order valence-corrected chi connectivity index (χ0v) is 12.8. The van der Waals surface area contributed by atoms with E-state index in [1.54, 1.807) is 11.3 Å². The van der Waals surface area contributed by atoms with Crippen LogP contribution in [0.1, 0.15) is 22.0 Å². The van der Waals surface area contributed by atoms with Gasteiger partial charge in [0.05, 0.1) is 6.04 Å². The third-order valence-corrected chi connectivity index (χ3v) is 5.07. The summed E-state index contributed by atoms with van der Waals surface area (Å²) in [6, 6.07) is 8.46. The van der Waals surface area contributed by atoms with Crippen molar-refractivity contribution >= 4 is 38.9 Å². The third-order valence-electron chi connectivity index (χ3n) is 2.72. The van der Waals surface area contributed by atoms with Gasteiger partial charge in [0.15, 0.2) is 0 Å². The van der Waals surface area contributed by atoms with E-state index in [9.17, 15) is 0 Å². The van der Waals surface area contributed by atoms with E-state index in [0.717, 1.165) is 15.1 Å². The molecule has 1 N–H and O–H groups in total. The molecule has 1 atom stereocenters. The molecule has 4 heteroatoms. The van der Waals surface area contributed by atoms with Crippen LogP contribution in [0.15, 0.2) is 34.1 Å². The van der Waals surface area contributed by atoms with E-state index in [-0.39, 0.29) is 6.04 Å². The van der Waals surface area contributed by atoms with E-state index < -0.39 is 0 Å². The van der Waals surface area contributed by atoms with Crippen molar-refractivity contribution in [3.63, 3.8) is 0 Å². The molecule has 0 aliphatic rings. The highest BCUT2D eigenvalue weighted by atomic mass is 79.9. The fourth-order valence-electron chi connectivity index (χ4n) is 1.75. The average Bonchev–Trinajstić information content (AvgIpc) is 2.71. The molecule has 0 spiro atoms. The number of hydrogen-bond acceptors (Lipinski definition) is 2. The normalized spacial score (nSPS) is 12.7. The lowest BCUT2D eigenvalue weighted by atomic mass is 10.0. The van der Waals surface area contributed by atoms with Crippen LogP contribution in [0, 0.1) is 6.92 Å². The molecule has 2 aromatic rings. The Balaban J connectivity index is 2.42. The van der Waals surface area contributed by atoms with Crippen molar-refractivity contribution in [1.82, 2.24) is 5.32 Å². The van der Waals surface area contributed by atoms with Crippen molar-refractivity contribution in [3.8, 4) is 0 Å². The summed E-state index contributed by atoms with van der Waals surface area (Å²) in [5.41, 5.74) is 2.29. The number of rotatable bonds is 3. The van der Waals surface area contributed by atoms with Gasteiger partial charge < -0.3 is 5.32 Å². The Morgan fingerprint density at radius 3 is 2.65 bits per heavy atom. The third kappa shape index (κ3) is 2.74. The van der Waals surface area contributed by atoms with Crippen LogP contribution < -0.4 is 5.32 Å². The van der Waals surface area contributed by atoms with E-state index >= 15 is 0 Å². The Morgan fingerprint density at radius 2 is 2.12 bits per heavy atom. The Labute approximate surface area is 119 Å². The first-order chi connectivity index (χ1) is 8.13. The quantitative estimate of drug-likeness (QED) is 0.854. The van der Waals surface area contributed by atoms with Gasteiger partial charge >= 0.3 is 0 Å². The van der Waals surface area contributed by atoms with E-state index in [1.807, 2.05) is 20.0 Å². The number of benzene rings is 1. The van der Waals surface area contributed by atoms with Gasteiger partial charge in [0.1, 0.15) is 0 Å². The first-order valence-electron chi connectivity index (χ1n) is 5.29. The molecule has 0 saturated carbocycles. The SMILES string of the molecule is CNC(c1ccc(C)c(Cl)c1)c1sccc1Br. The fraction of sp³-hybridized carbons (Fsp3) is 0.231. The molecule has 0 amide bonds. The molecule has 1 heterocycles. The lowest BCUT2D eigenvalue weighted by Crippen LogP contribution is -2.16. The Hall–Kier alpha value is -0.350. The number of halogens is 2. The van der Waals surface area contributed by atoms with E-state index in [1.165, 1.54) is 10.4 Å². The molecule has 0 saturated heterocycles. The van der Waals surface area contributed by atoms with E-state index in [4.69, 9.17) is 11.6 Å². The maximum Gasteiger partial charge on any atom is 0.0680 e. The molecule has 0 bridgehead atoms. The molecular formula is C13H13BrClNS. The second kappa shape index (κ2) is 5.53. The van der Waals surface area contributed by atoms with Crippen LogP contribution in [0.3, 0.4) is 0 Å². The van der Waals surface area contributed by atoms with Crippen molar-refractivity contribution in [2.75, 3.05) is 7.05 Å². The van der Waals surface area contributed by atoms with Crippen LogP contribution in [0.25, 0.3) is 0 Å². The summed E-state index contributed by atoms with van der Waals surface area (Å²) < 4.78 is 1.14. The number of nitrogens with one attached hydrogen (secondary N) is 1. The molecule has 2 rings (SSSR count). The summed E-state index contributed by atoms with van der Waals surface area (Å²) in [6.45, 7) is 2.02. The molecule has 1 aromatic carbocycles. The van der Waals surface area contributed by atoms with Crippen molar-refractivity contribution in [2.45, 2.75) is 13.0 Å². The topological polar surface area (TPSA) is 12.0 Å². The monoisotopic (exact) mass is 329 g/mol. The van der Waals surface area contributed by atoms with Gasteiger partial charge in [0.25, 0.3) is 0 Å². The molecule has 17 heavy (non-hydrogen) atoms. The zero-order valence-electron chi connectivity index (χ0n) is 9.63. The second-order valence-electron chi connectivity index (χ2n) is 3.86. The number of aryl methyl sites for hydroxylation is 1. The number of thiophene rings is 1. The van der Waals surface area contributed by atoms with Gasteiger partial charge in [0, 0.05) is 14.4 Å². The zero-order chi connectivity index (χ0) is 12.4.